The van der Waals surface area contributed by atoms with Gasteiger partial charge in [-0.3, -0.25) is 4.90 Å². The van der Waals surface area contributed by atoms with Gasteiger partial charge in [-0.2, -0.15) is 0 Å². The van der Waals surface area contributed by atoms with Crippen LogP contribution in [0.1, 0.15) is 36.1 Å². The van der Waals surface area contributed by atoms with Crippen molar-refractivity contribution < 1.29 is 0 Å². The third kappa shape index (κ3) is 4.61. The van der Waals surface area contributed by atoms with Crippen LogP contribution in [0, 0.1) is 13.8 Å². The van der Waals surface area contributed by atoms with E-state index in [4.69, 9.17) is 5.73 Å². The van der Waals surface area contributed by atoms with Crippen molar-refractivity contribution in [3.05, 3.63) is 64.7 Å². The van der Waals surface area contributed by atoms with Crippen LogP contribution in [0.2, 0.25) is 0 Å². The summed E-state index contributed by atoms with van der Waals surface area (Å²) in [5, 5.41) is 0. The van der Waals surface area contributed by atoms with E-state index in [9.17, 15) is 0 Å². The highest BCUT2D eigenvalue weighted by Crippen LogP contribution is 2.17. The van der Waals surface area contributed by atoms with E-state index in [-0.39, 0.29) is 0 Å². The molecule has 2 rings (SSSR count). The first-order valence-corrected chi connectivity index (χ1v) is 7.59. The van der Waals surface area contributed by atoms with Gasteiger partial charge in [0.1, 0.15) is 0 Å². The largest absolute Gasteiger partial charge is 0.399 e. The minimum atomic E-state index is 0.493. The third-order valence-corrected chi connectivity index (χ3v) is 3.73. The molecule has 0 amide bonds. The molecule has 0 saturated heterocycles. The Bertz CT molecular complexity index is 582. The number of hydrogen-bond donors (Lipinski definition) is 1. The number of nitrogens with two attached hydrogens (primary N) is 1. The number of aryl methyl sites for hydroxylation is 2. The standard InChI is InChI=1S/C19H26N2/c1-14(2)21(12-17-6-5-7-19(20)11-17)13-18-9-15(3)8-16(4)10-18/h5-11,14H,12-13,20H2,1-4H3. The lowest BCUT2D eigenvalue weighted by Gasteiger charge is -2.27. The van der Waals surface area contributed by atoms with Gasteiger partial charge in [-0.25, -0.2) is 0 Å². The molecule has 21 heavy (non-hydrogen) atoms. The van der Waals surface area contributed by atoms with E-state index >= 15 is 0 Å². The summed E-state index contributed by atoms with van der Waals surface area (Å²) in [7, 11) is 0. The molecule has 0 heterocycles. The van der Waals surface area contributed by atoms with Gasteiger partial charge >= 0.3 is 0 Å². The van der Waals surface area contributed by atoms with Crippen molar-refractivity contribution in [2.45, 2.75) is 46.8 Å². The normalized spacial score (nSPS) is 11.3. The number of nitrogens with zero attached hydrogens (tertiary/aromatic N) is 1. The molecule has 0 radical (unpaired) electrons. The zero-order chi connectivity index (χ0) is 15.4. The first-order chi connectivity index (χ1) is 9.94. The summed E-state index contributed by atoms with van der Waals surface area (Å²) in [5.41, 5.74) is 12.0. The predicted molar refractivity (Wildman–Crippen MR) is 91.2 cm³/mol. The van der Waals surface area contributed by atoms with E-state index in [1.165, 1.54) is 22.3 Å². The fraction of sp³-hybridized carbons (Fsp3) is 0.368. The van der Waals surface area contributed by atoms with Crippen molar-refractivity contribution in [3.63, 3.8) is 0 Å². The average Bonchev–Trinajstić information content (AvgIpc) is 2.36. The number of hydrogen-bond acceptors (Lipinski definition) is 2. The molecular weight excluding hydrogens is 256 g/mol. The van der Waals surface area contributed by atoms with Gasteiger partial charge in [0.25, 0.3) is 0 Å². The van der Waals surface area contributed by atoms with Crippen LogP contribution in [0.4, 0.5) is 5.69 Å². The quantitative estimate of drug-likeness (QED) is 0.829. The van der Waals surface area contributed by atoms with E-state index in [1.54, 1.807) is 0 Å². The van der Waals surface area contributed by atoms with E-state index in [0.29, 0.717) is 6.04 Å². The summed E-state index contributed by atoms with van der Waals surface area (Å²) >= 11 is 0. The highest BCUT2D eigenvalue weighted by atomic mass is 15.1. The zero-order valence-electron chi connectivity index (χ0n) is 13.6. The van der Waals surface area contributed by atoms with Crippen LogP contribution in [-0.4, -0.2) is 10.9 Å². The SMILES string of the molecule is Cc1cc(C)cc(CN(Cc2cccc(N)c2)C(C)C)c1. The van der Waals surface area contributed by atoms with Gasteiger partial charge in [-0.05, 0) is 51.0 Å². The van der Waals surface area contributed by atoms with Crippen molar-refractivity contribution in [1.29, 1.82) is 0 Å². The Kier molecular flexibility index (Phi) is 5.03. The summed E-state index contributed by atoms with van der Waals surface area (Å²) in [5.74, 6) is 0. The van der Waals surface area contributed by atoms with Crippen molar-refractivity contribution in [1.82, 2.24) is 4.90 Å². The Balaban J connectivity index is 2.15. The molecule has 112 valence electrons. The lowest BCUT2D eigenvalue weighted by molar-refractivity contribution is 0.203. The Morgan fingerprint density at radius 2 is 1.52 bits per heavy atom. The summed E-state index contributed by atoms with van der Waals surface area (Å²) in [4.78, 5) is 2.48. The molecule has 0 unspecified atom stereocenters. The van der Waals surface area contributed by atoms with Gasteiger partial charge in [-0.15, -0.1) is 0 Å². The van der Waals surface area contributed by atoms with E-state index in [1.807, 2.05) is 12.1 Å². The zero-order valence-corrected chi connectivity index (χ0v) is 13.6. The molecular formula is C19H26N2. The highest BCUT2D eigenvalue weighted by Gasteiger charge is 2.11. The molecule has 0 spiro atoms. The van der Waals surface area contributed by atoms with Gasteiger partial charge in [0.05, 0.1) is 0 Å². The molecule has 2 aromatic rings. The molecule has 0 saturated carbocycles. The van der Waals surface area contributed by atoms with Gasteiger partial charge in [0, 0.05) is 24.8 Å². The second-order valence-electron chi connectivity index (χ2n) is 6.24. The smallest absolute Gasteiger partial charge is 0.0317 e. The van der Waals surface area contributed by atoms with Gasteiger partial charge in [0.15, 0.2) is 0 Å². The van der Waals surface area contributed by atoms with E-state index in [2.05, 4.69) is 62.9 Å². The molecule has 0 aromatic heterocycles. The van der Waals surface area contributed by atoms with Crippen LogP contribution in [0.25, 0.3) is 0 Å². The van der Waals surface area contributed by atoms with Gasteiger partial charge < -0.3 is 5.73 Å². The Morgan fingerprint density at radius 3 is 2.10 bits per heavy atom. The topological polar surface area (TPSA) is 29.3 Å². The van der Waals surface area contributed by atoms with Crippen molar-refractivity contribution in [2.75, 3.05) is 5.73 Å². The summed E-state index contributed by atoms with van der Waals surface area (Å²) in [6.45, 7) is 10.7. The Labute approximate surface area is 128 Å². The fourth-order valence-corrected chi connectivity index (χ4v) is 2.74. The summed E-state index contributed by atoms with van der Waals surface area (Å²) in [6.07, 6.45) is 0. The molecule has 0 bridgehead atoms. The van der Waals surface area contributed by atoms with Gasteiger partial charge in [0.2, 0.25) is 0 Å². The number of rotatable bonds is 5. The fourth-order valence-electron chi connectivity index (χ4n) is 2.74. The molecule has 0 fully saturated rings. The molecule has 0 aliphatic rings. The molecule has 2 nitrogen and oxygen atoms in total. The van der Waals surface area contributed by atoms with Crippen molar-refractivity contribution in [3.8, 4) is 0 Å². The van der Waals surface area contributed by atoms with Crippen LogP contribution in [0.5, 0.6) is 0 Å². The first-order valence-electron chi connectivity index (χ1n) is 7.59. The predicted octanol–water partition coefficient (Wildman–Crippen LogP) is 4.30. The van der Waals surface area contributed by atoms with Crippen molar-refractivity contribution in [2.24, 2.45) is 0 Å². The molecule has 0 atom stereocenters. The first kappa shape index (κ1) is 15.6. The van der Waals surface area contributed by atoms with E-state index in [0.717, 1.165) is 18.8 Å². The molecule has 0 aliphatic heterocycles. The van der Waals surface area contributed by atoms with Crippen LogP contribution in [-0.2, 0) is 13.1 Å². The minimum absolute atomic E-state index is 0.493. The second kappa shape index (κ2) is 6.77. The van der Waals surface area contributed by atoms with Crippen LogP contribution < -0.4 is 5.73 Å². The molecule has 2 heteroatoms. The maximum absolute atomic E-state index is 5.88. The molecule has 2 N–H and O–H groups in total. The third-order valence-electron chi connectivity index (χ3n) is 3.73. The van der Waals surface area contributed by atoms with Crippen LogP contribution in [0.3, 0.4) is 0 Å². The van der Waals surface area contributed by atoms with E-state index < -0.39 is 0 Å². The average molecular weight is 282 g/mol. The second-order valence-corrected chi connectivity index (χ2v) is 6.24. The lowest BCUT2D eigenvalue weighted by Crippen LogP contribution is -2.29. The Morgan fingerprint density at radius 1 is 0.905 bits per heavy atom. The number of anilines is 1. The maximum Gasteiger partial charge on any atom is 0.0317 e. The minimum Gasteiger partial charge on any atom is -0.399 e. The maximum atomic E-state index is 5.88. The molecule has 2 aromatic carbocycles. The lowest BCUT2D eigenvalue weighted by atomic mass is 10.1. The molecule has 0 aliphatic carbocycles. The summed E-state index contributed by atoms with van der Waals surface area (Å²) in [6, 6.07) is 15.5. The summed E-state index contributed by atoms with van der Waals surface area (Å²) < 4.78 is 0. The monoisotopic (exact) mass is 282 g/mol. The Hall–Kier alpha value is -1.80. The van der Waals surface area contributed by atoms with Gasteiger partial charge in [-0.1, -0.05) is 41.5 Å². The van der Waals surface area contributed by atoms with Crippen LogP contribution in [0.15, 0.2) is 42.5 Å². The number of benzene rings is 2. The number of nitrogen functional groups attached to an aromatic ring is 1. The van der Waals surface area contributed by atoms with Crippen molar-refractivity contribution >= 4 is 5.69 Å². The van der Waals surface area contributed by atoms with Crippen LogP contribution >= 0.6 is 0 Å². The highest BCUT2D eigenvalue weighted by molar-refractivity contribution is 5.40.